The van der Waals surface area contributed by atoms with Gasteiger partial charge in [0.05, 0.1) is 6.61 Å². The third-order valence-electron chi connectivity index (χ3n) is 9.51. The van der Waals surface area contributed by atoms with Crippen LogP contribution in [0.4, 0.5) is 0 Å². The Morgan fingerprint density at radius 1 is 1.13 bits per heavy atom. The number of rotatable bonds is 5. The van der Waals surface area contributed by atoms with Crippen molar-refractivity contribution in [2.75, 3.05) is 13.2 Å². The fourth-order valence-electron chi connectivity index (χ4n) is 7.67. The average molecular weight is 424 g/mol. The number of ether oxygens (including phenoxy) is 1. The quantitative estimate of drug-likeness (QED) is 0.583. The Balaban J connectivity index is 1.60. The number of fused-ring (bicyclic) bond motifs is 1. The Bertz CT molecular complexity index is 818. The molecule has 0 aliphatic heterocycles. The van der Waals surface area contributed by atoms with E-state index in [1.807, 2.05) is 0 Å². The summed E-state index contributed by atoms with van der Waals surface area (Å²) < 4.78 is 5.59. The summed E-state index contributed by atoms with van der Waals surface area (Å²) in [6, 6.07) is 10.9. The molecule has 0 unspecified atom stereocenters. The van der Waals surface area contributed by atoms with Crippen LogP contribution in [0.2, 0.25) is 0 Å². The topological polar surface area (TPSA) is 52.3 Å². The summed E-state index contributed by atoms with van der Waals surface area (Å²) in [5.41, 5.74) is 9.87. The van der Waals surface area contributed by atoms with Gasteiger partial charge in [0.2, 0.25) is 0 Å². The van der Waals surface area contributed by atoms with Gasteiger partial charge >= 0.3 is 5.97 Å². The van der Waals surface area contributed by atoms with E-state index in [1.165, 1.54) is 43.7 Å². The summed E-state index contributed by atoms with van der Waals surface area (Å²) in [5.74, 6) is 2.72. The lowest BCUT2D eigenvalue weighted by Crippen LogP contribution is -2.52. The molecule has 0 saturated heterocycles. The van der Waals surface area contributed by atoms with Crippen molar-refractivity contribution >= 4 is 11.5 Å². The molecule has 0 heterocycles. The Morgan fingerprint density at radius 3 is 2.55 bits per heavy atom. The van der Waals surface area contributed by atoms with Gasteiger partial charge in [-0.15, -0.1) is 0 Å². The van der Waals surface area contributed by atoms with Gasteiger partial charge in [0.1, 0.15) is 0 Å². The van der Waals surface area contributed by atoms with Crippen LogP contribution in [-0.4, -0.2) is 19.1 Å². The number of carbonyl (C=O) groups is 1. The molecule has 0 radical (unpaired) electrons. The number of esters is 1. The lowest BCUT2D eigenvalue weighted by atomic mass is 9.48. The normalized spacial score (nSPS) is 40.2. The van der Waals surface area contributed by atoms with Gasteiger partial charge in [0.25, 0.3) is 0 Å². The highest BCUT2D eigenvalue weighted by Crippen LogP contribution is 2.64. The molecule has 2 N–H and O–H groups in total. The molecular weight excluding hydrogens is 382 g/mol. The fraction of sp³-hybridized carbons (Fsp3) is 0.679. The van der Waals surface area contributed by atoms with Gasteiger partial charge in [0, 0.05) is 6.92 Å². The molecule has 2 fully saturated rings. The SMILES string of the molecule is CC(=O)OC[C@H]1C[C@@H](C)CC[C@]1(C)[C@H]1CC[C@]2(C)C(c3ccccc3)=CC[C@H]2[C@@H]1CN. The number of hydrogen-bond donors (Lipinski definition) is 1. The zero-order valence-corrected chi connectivity index (χ0v) is 19.9. The minimum absolute atomic E-state index is 0.153. The van der Waals surface area contributed by atoms with Crippen molar-refractivity contribution in [2.24, 2.45) is 46.2 Å². The van der Waals surface area contributed by atoms with E-state index in [-0.39, 0.29) is 16.8 Å². The van der Waals surface area contributed by atoms with Crippen LogP contribution in [0.15, 0.2) is 36.4 Å². The molecule has 7 atom stereocenters. The number of allylic oxidation sites excluding steroid dienone is 2. The summed E-state index contributed by atoms with van der Waals surface area (Å²) >= 11 is 0. The number of benzene rings is 1. The molecule has 3 aliphatic carbocycles. The van der Waals surface area contributed by atoms with E-state index >= 15 is 0 Å². The monoisotopic (exact) mass is 423 g/mol. The highest BCUT2D eigenvalue weighted by Gasteiger charge is 2.56. The number of nitrogens with two attached hydrogens (primary N) is 1. The summed E-state index contributed by atoms with van der Waals surface area (Å²) in [7, 11) is 0. The third-order valence-corrected chi connectivity index (χ3v) is 9.51. The predicted octanol–water partition coefficient (Wildman–Crippen LogP) is 6.09. The first-order valence-corrected chi connectivity index (χ1v) is 12.4. The van der Waals surface area contributed by atoms with Crippen molar-refractivity contribution in [3.8, 4) is 0 Å². The Kier molecular flexibility index (Phi) is 6.36. The van der Waals surface area contributed by atoms with Crippen LogP contribution >= 0.6 is 0 Å². The second-order valence-corrected chi connectivity index (χ2v) is 11.2. The molecule has 170 valence electrons. The van der Waals surface area contributed by atoms with Gasteiger partial charge in [0.15, 0.2) is 0 Å². The van der Waals surface area contributed by atoms with E-state index < -0.39 is 0 Å². The van der Waals surface area contributed by atoms with Crippen LogP contribution < -0.4 is 5.73 Å². The molecule has 0 spiro atoms. The zero-order chi connectivity index (χ0) is 22.2. The molecule has 1 aromatic rings. The zero-order valence-electron chi connectivity index (χ0n) is 19.9. The van der Waals surface area contributed by atoms with Crippen molar-refractivity contribution in [1.29, 1.82) is 0 Å². The van der Waals surface area contributed by atoms with Crippen LogP contribution in [0.1, 0.15) is 71.8 Å². The second-order valence-electron chi connectivity index (χ2n) is 11.2. The van der Waals surface area contributed by atoms with Crippen LogP contribution in [0.5, 0.6) is 0 Å². The number of hydrogen-bond acceptors (Lipinski definition) is 3. The smallest absolute Gasteiger partial charge is 0.302 e. The molecule has 0 amide bonds. The van der Waals surface area contributed by atoms with E-state index in [2.05, 4.69) is 57.2 Å². The Morgan fingerprint density at radius 2 is 1.87 bits per heavy atom. The Hall–Kier alpha value is -1.61. The first kappa shape index (κ1) is 22.6. The fourth-order valence-corrected chi connectivity index (χ4v) is 7.67. The predicted molar refractivity (Wildman–Crippen MR) is 127 cm³/mol. The molecule has 0 aromatic heterocycles. The minimum Gasteiger partial charge on any atom is -0.466 e. The first-order valence-electron chi connectivity index (χ1n) is 12.4. The summed E-state index contributed by atoms with van der Waals surface area (Å²) in [6.45, 7) is 10.2. The van der Waals surface area contributed by atoms with E-state index in [1.54, 1.807) is 0 Å². The van der Waals surface area contributed by atoms with Gasteiger partial charge in [-0.05, 0) is 90.2 Å². The van der Waals surface area contributed by atoms with Gasteiger partial charge in [-0.3, -0.25) is 4.79 Å². The Labute approximate surface area is 188 Å². The maximum absolute atomic E-state index is 11.6. The lowest BCUT2D eigenvalue weighted by molar-refractivity contribution is -0.147. The van der Waals surface area contributed by atoms with Crippen LogP contribution in [0, 0.1) is 40.4 Å². The van der Waals surface area contributed by atoms with Gasteiger partial charge in [-0.25, -0.2) is 0 Å². The molecule has 3 heteroatoms. The van der Waals surface area contributed by atoms with Crippen molar-refractivity contribution in [3.63, 3.8) is 0 Å². The molecule has 3 nitrogen and oxygen atoms in total. The average Bonchev–Trinajstić information content (AvgIpc) is 3.11. The van der Waals surface area contributed by atoms with Crippen LogP contribution in [-0.2, 0) is 9.53 Å². The van der Waals surface area contributed by atoms with Crippen LogP contribution in [0.25, 0.3) is 5.57 Å². The van der Waals surface area contributed by atoms with Crippen LogP contribution in [0.3, 0.4) is 0 Å². The standard InChI is InChI=1S/C28H41NO2/c1-19-12-14-27(3,22(16-19)18-31-20(2)30)26-13-15-28(4)24(21-8-6-5-7-9-21)10-11-25(28)23(26)17-29/h5-10,19,22-23,25-26H,11-18,29H2,1-4H3/t19-,22+,23-,25-,26-,27-,28+/m0/s1. The van der Waals surface area contributed by atoms with Crippen molar-refractivity contribution in [2.45, 2.75) is 66.2 Å². The van der Waals surface area contributed by atoms with Crippen molar-refractivity contribution in [3.05, 3.63) is 42.0 Å². The maximum atomic E-state index is 11.6. The summed E-state index contributed by atoms with van der Waals surface area (Å²) in [5, 5.41) is 0. The minimum atomic E-state index is -0.153. The summed E-state index contributed by atoms with van der Waals surface area (Å²) in [6.07, 6.45) is 9.76. The first-order chi connectivity index (χ1) is 14.8. The molecule has 4 rings (SSSR count). The van der Waals surface area contributed by atoms with Crippen molar-refractivity contribution < 1.29 is 9.53 Å². The number of carbonyl (C=O) groups excluding carboxylic acids is 1. The molecule has 0 bridgehead atoms. The van der Waals surface area contributed by atoms with E-state index in [0.29, 0.717) is 36.2 Å². The summed E-state index contributed by atoms with van der Waals surface area (Å²) in [4.78, 5) is 11.6. The maximum Gasteiger partial charge on any atom is 0.302 e. The lowest BCUT2D eigenvalue weighted by Gasteiger charge is -2.57. The second kappa shape index (κ2) is 8.73. The molecule has 31 heavy (non-hydrogen) atoms. The van der Waals surface area contributed by atoms with Gasteiger partial charge < -0.3 is 10.5 Å². The van der Waals surface area contributed by atoms with Crippen molar-refractivity contribution in [1.82, 2.24) is 0 Å². The van der Waals surface area contributed by atoms with Gasteiger partial charge in [-0.1, -0.05) is 63.6 Å². The molecule has 2 saturated carbocycles. The highest BCUT2D eigenvalue weighted by atomic mass is 16.5. The van der Waals surface area contributed by atoms with E-state index in [0.717, 1.165) is 19.4 Å². The molecule has 1 aromatic carbocycles. The molecule has 3 aliphatic rings. The molecular formula is C28H41NO2. The highest BCUT2D eigenvalue weighted by molar-refractivity contribution is 5.72. The third kappa shape index (κ3) is 3.99. The van der Waals surface area contributed by atoms with E-state index in [4.69, 9.17) is 10.5 Å². The van der Waals surface area contributed by atoms with Gasteiger partial charge in [-0.2, -0.15) is 0 Å². The largest absolute Gasteiger partial charge is 0.466 e. The van der Waals surface area contributed by atoms with E-state index in [9.17, 15) is 4.79 Å².